The summed E-state index contributed by atoms with van der Waals surface area (Å²) in [5.74, 6) is 1.20. The molecule has 0 radical (unpaired) electrons. The van der Waals surface area contributed by atoms with Crippen LogP contribution in [0.3, 0.4) is 0 Å². The number of hydrogen-bond acceptors (Lipinski definition) is 4. The molecule has 0 aliphatic carbocycles. The second-order valence-corrected chi connectivity index (χ2v) is 6.48. The highest BCUT2D eigenvalue weighted by Crippen LogP contribution is 2.30. The molecule has 6 heteroatoms. The molecule has 3 heterocycles. The van der Waals surface area contributed by atoms with Gasteiger partial charge in [0.15, 0.2) is 0 Å². The van der Waals surface area contributed by atoms with Crippen LogP contribution >= 0.6 is 0 Å². The Kier molecular flexibility index (Phi) is 4.17. The van der Waals surface area contributed by atoms with E-state index < -0.39 is 0 Å². The fraction of sp³-hybridized carbons (Fsp3) is 0.316. The predicted molar refractivity (Wildman–Crippen MR) is 94.8 cm³/mol. The van der Waals surface area contributed by atoms with E-state index in [1.807, 2.05) is 31.6 Å². The van der Waals surface area contributed by atoms with Gasteiger partial charge < -0.3 is 4.90 Å². The lowest BCUT2D eigenvalue weighted by atomic mass is 9.89. The molecule has 4 rings (SSSR count). The maximum atomic E-state index is 13.1. The first-order valence-corrected chi connectivity index (χ1v) is 8.50. The number of rotatable bonds is 3. The van der Waals surface area contributed by atoms with E-state index in [1.165, 1.54) is 5.56 Å². The fourth-order valence-electron chi connectivity index (χ4n) is 3.38. The Labute approximate surface area is 146 Å². The molecule has 2 aromatic heterocycles. The third-order valence-corrected chi connectivity index (χ3v) is 4.78. The molecule has 128 valence electrons. The molecule has 0 spiro atoms. The number of anilines is 1. The number of benzene rings is 1. The van der Waals surface area contributed by atoms with Crippen molar-refractivity contribution in [3.8, 4) is 11.3 Å². The molecule has 1 fully saturated rings. The lowest BCUT2D eigenvalue weighted by Crippen LogP contribution is -2.33. The first-order chi connectivity index (χ1) is 12.2. The quantitative estimate of drug-likeness (QED) is 0.735. The lowest BCUT2D eigenvalue weighted by Gasteiger charge is -2.33. The summed E-state index contributed by atoms with van der Waals surface area (Å²) in [6.45, 7) is 1.85. The van der Waals surface area contributed by atoms with E-state index in [9.17, 15) is 4.39 Å². The van der Waals surface area contributed by atoms with Gasteiger partial charge in [0.2, 0.25) is 0 Å². The minimum atomic E-state index is -0.177. The molecule has 0 atom stereocenters. The monoisotopic (exact) mass is 337 g/mol. The Hall–Kier alpha value is -2.76. The summed E-state index contributed by atoms with van der Waals surface area (Å²) in [6.07, 6.45) is 9.39. The van der Waals surface area contributed by atoms with Gasteiger partial charge in [0.1, 0.15) is 11.6 Å². The van der Waals surface area contributed by atoms with Gasteiger partial charge in [-0.2, -0.15) is 5.10 Å². The van der Waals surface area contributed by atoms with Crippen molar-refractivity contribution in [2.75, 3.05) is 18.0 Å². The van der Waals surface area contributed by atoms with E-state index in [2.05, 4.69) is 15.0 Å². The van der Waals surface area contributed by atoms with Gasteiger partial charge in [-0.25, -0.2) is 9.37 Å². The third-order valence-electron chi connectivity index (χ3n) is 4.78. The van der Waals surface area contributed by atoms with Crippen LogP contribution in [0.5, 0.6) is 0 Å². The fourth-order valence-corrected chi connectivity index (χ4v) is 3.38. The van der Waals surface area contributed by atoms with E-state index in [0.717, 1.165) is 43.0 Å². The number of piperidine rings is 1. The minimum Gasteiger partial charge on any atom is -0.355 e. The second kappa shape index (κ2) is 6.63. The van der Waals surface area contributed by atoms with Gasteiger partial charge in [0.25, 0.3) is 0 Å². The molecule has 0 N–H and O–H groups in total. The van der Waals surface area contributed by atoms with Crippen LogP contribution in [0.2, 0.25) is 0 Å². The Balaban J connectivity index is 1.46. The zero-order valence-corrected chi connectivity index (χ0v) is 14.1. The lowest BCUT2D eigenvalue weighted by molar-refractivity contribution is 0.501. The molecule has 1 aromatic carbocycles. The van der Waals surface area contributed by atoms with Crippen molar-refractivity contribution >= 4 is 5.82 Å². The highest BCUT2D eigenvalue weighted by atomic mass is 19.1. The molecule has 25 heavy (non-hydrogen) atoms. The molecular formula is C19H20FN5. The van der Waals surface area contributed by atoms with E-state index >= 15 is 0 Å². The van der Waals surface area contributed by atoms with Gasteiger partial charge in [-0.05, 0) is 36.5 Å². The van der Waals surface area contributed by atoms with Gasteiger partial charge in [-0.1, -0.05) is 12.1 Å². The van der Waals surface area contributed by atoms with Gasteiger partial charge in [0.05, 0.1) is 24.3 Å². The first-order valence-electron chi connectivity index (χ1n) is 8.50. The number of hydrogen-bond donors (Lipinski definition) is 0. The smallest absolute Gasteiger partial charge is 0.147 e. The molecular weight excluding hydrogens is 317 g/mol. The van der Waals surface area contributed by atoms with Gasteiger partial charge >= 0.3 is 0 Å². The Bertz CT molecular complexity index is 850. The topological polar surface area (TPSA) is 46.8 Å². The van der Waals surface area contributed by atoms with E-state index in [1.54, 1.807) is 29.2 Å². The van der Waals surface area contributed by atoms with Gasteiger partial charge in [-0.15, -0.1) is 0 Å². The highest BCUT2D eigenvalue weighted by Gasteiger charge is 2.22. The van der Waals surface area contributed by atoms with Crippen molar-refractivity contribution in [3.05, 3.63) is 60.4 Å². The average Bonchev–Trinajstić information content (AvgIpc) is 3.09. The maximum Gasteiger partial charge on any atom is 0.147 e. The molecule has 3 aromatic rings. The number of aromatic nitrogens is 4. The van der Waals surface area contributed by atoms with Crippen LogP contribution in [0.15, 0.2) is 49.1 Å². The molecule has 1 saturated heterocycles. The summed E-state index contributed by atoms with van der Waals surface area (Å²) in [7, 11) is 1.89. The number of nitrogens with zero attached hydrogens (tertiary/aromatic N) is 5. The summed E-state index contributed by atoms with van der Waals surface area (Å²) in [4.78, 5) is 11.4. The van der Waals surface area contributed by atoms with Crippen molar-refractivity contribution in [2.45, 2.75) is 18.8 Å². The summed E-state index contributed by atoms with van der Waals surface area (Å²) in [5.41, 5.74) is 3.03. The van der Waals surface area contributed by atoms with Crippen molar-refractivity contribution in [1.29, 1.82) is 0 Å². The SMILES string of the molecule is Cn1cc(-c2cncc(N3CCC(c4ccc(F)cc4)CC3)n2)cn1. The zero-order valence-electron chi connectivity index (χ0n) is 14.1. The Morgan fingerprint density at radius 2 is 1.80 bits per heavy atom. The molecule has 5 nitrogen and oxygen atoms in total. The van der Waals surface area contributed by atoms with Crippen molar-refractivity contribution in [2.24, 2.45) is 7.05 Å². The molecule has 0 saturated carbocycles. The standard InChI is InChI=1S/C19H20FN5/c1-24-13-16(10-22-24)18-11-21-12-19(23-18)25-8-6-15(7-9-25)14-2-4-17(20)5-3-14/h2-5,10-13,15H,6-9H2,1H3. The highest BCUT2D eigenvalue weighted by molar-refractivity contribution is 5.58. The summed E-state index contributed by atoms with van der Waals surface area (Å²) >= 11 is 0. The predicted octanol–water partition coefficient (Wildman–Crippen LogP) is 3.40. The van der Waals surface area contributed by atoms with Crippen molar-refractivity contribution in [1.82, 2.24) is 19.7 Å². The average molecular weight is 337 g/mol. The number of halogens is 1. The van der Waals surface area contributed by atoms with Crippen LogP contribution < -0.4 is 4.90 Å². The van der Waals surface area contributed by atoms with E-state index in [-0.39, 0.29) is 5.82 Å². The van der Waals surface area contributed by atoms with Crippen LogP contribution in [-0.2, 0) is 7.05 Å². The molecule has 1 aliphatic heterocycles. The molecule has 1 aliphatic rings. The Morgan fingerprint density at radius 1 is 1.04 bits per heavy atom. The zero-order chi connectivity index (χ0) is 17.2. The van der Waals surface area contributed by atoms with E-state index in [0.29, 0.717) is 5.92 Å². The van der Waals surface area contributed by atoms with Crippen LogP contribution in [-0.4, -0.2) is 32.8 Å². The normalized spacial score (nSPS) is 15.5. The van der Waals surface area contributed by atoms with Gasteiger partial charge in [-0.3, -0.25) is 9.67 Å². The van der Waals surface area contributed by atoms with Crippen LogP contribution in [0.4, 0.5) is 10.2 Å². The van der Waals surface area contributed by atoms with Crippen molar-refractivity contribution < 1.29 is 4.39 Å². The maximum absolute atomic E-state index is 13.1. The molecule has 0 unspecified atom stereocenters. The van der Waals surface area contributed by atoms with Crippen LogP contribution in [0.1, 0.15) is 24.3 Å². The third kappa shape index (κ3) is 3.38. The van der Waals surface area contributed by atoms with Crippen LogP contribution in [0, 0.1) is 5.82 Å². The van der Waals surface area contributed by atoms with Crippen LogP contribution in [0.25, 0.3) is 11.3 Å². The largest absolute Gasteiger partial charge is 0.355 e. The summed E-state index contributed by atoms with van der Waals surface area (Å²) in [6, 6.07) is 6.89. The summed E-state index contributed by atoms with van der Waals surface area (Å²) < 4.78 is 14.8. The second-order valence-electron chi connectivity index (χ2n) is 6.48. The van der Waals surface area contributed by atoms with E-state index in [4.69, 9.17) is 4.98 Å². The first kappa shape index (κ1) is 15.7. The Morgan fingerprint density at radius 3 is 2.48 bits per heavy atom. The minimum absolute atomic E-state index is 0.177. The van der Waals surface area contributed by atoms with Gasteiger partial charge in [0, 0.05) is 31.9 Å². The molecule has 0 bridgehead atoms. The molecule has 0 amide bonds. The number of aryl methyl sites for hydroxylation is 1. The van der Waals surface area contributed by atoms with Crippen molar-refractivity contribution in [3.63, 3.8) is 0 Å². The summed E-state index contributed by atoms with van der Waals surface area (Å²) in [5, 5.41) is 4.19.